The molecule has 0 unspecified atom stereocenters. The number of hydrogen-bond acceptors (Lipinski definition) is 3. The van der Waals surface area contributed by atoms with Crippen LogP contribution in [0.25, 0.3) is 0 Å². The number of hydrogen-bond donors (Lipinski definition) is 3. The Bertz CT molecular complexity index is 243. The van der Waals surface area contributed by atoms with Crippen molar-refractivity contribution >= 4 is 11.8 Å². The maximum atomic E-state index is 11.4. The van der Waals surface area contributed by atoms with E-state index in [0.29, 0.717) is 18.9 Å². The van der Waals surface area contributed by atoms with Crippen molar-refractivity contribution in [2.75, 3.05) is 6.54 Å². The predicted octanol–water partition coefficient (Wildman–Crippen LogP) is -0.504. The van der Waals surface area contributed by atoms with Crippen molar-refractivity contribution in [1.29, 1.82) is 0 Å². The van der Waals surface area contributed by atoms with Crippen LogP contribution in [0, 0.1) is 5.92 Å². The highest BCUT2D eigenvalue weighted by molar-refractivity contribution is 5.78. The number of nitrogens with one attached hydrogen (secondary N) is 1. The Kier molecular flexibility index (Phi) is 4.55. The van der Waals surface area contributed by atoms with E-state index in [1.807, 2.05) is 0 Å². The second kappa shape index (κ2) is 5.70. The SMILES string of the molecule is NC(=O)CCNC(=O)C[C@@H]1CCC[C@H]1N. The Morgan fingerprint density at radius 1 is 1.33 bits per heavy atom. The van der Waals surface area contributed by atoms with Crippen LogP contribution < -0.4 is 16.8 Å². The molecule has 0 radical (unpaired) electrons. The lowest BCUT2D eigenvalue weighted by atomic mass is 10.00. The summed E-state index contributed by atoms with van der Waals surface area (Å²) < 4.78 is 0. The van der Waals surface area contributed by atoms with Crippen molar-refractivity contribution in [1.82, 2.24) is 5.32 Å². The van der Waals surface area contributed by atoms with Crippen molar-refractivity contribution in [3.8, 4) is 0 Å². The van der Waals surface area contributed by atoms with Gasteiger partial charge in [0.2, 0.25) is 11.8 Å². The number of primary amides is 1. The fourth-order valence-corrected chi connectivity index (χ4v) is 1.95. The highest BCUT2D eigenvalue weighted by atomic mass is 16.2. The molecule has 2 amide bonds. The molecule has 5 N–H and O–H groups in total. The first-order chi connectivity index (χ1) is 7.09. The molecular formula is C10H19N3O2. The zero-order chi connectivity index (χ0) is 11.3. The van der Waals surface area contributed by atoms with Gasteiger partial charge in [-0.25, -0.2) is 0 Å². The lowest BCUT2D eigenvalue weighted by Gasteiger charge is -2.14. The van der Waals surface area contributed by atoms with Gasteiger partial charge < -0.3 is 16.8 Å². The van der Waals surface area contributed by atoms with E-state index in [1.54, 1.807) is 0 Å². The molecule has 86 valence electrons. The van der Waals surface area contributed by atoms with Crippen molar-refractivity contribution < 1.29 is 9.59 Å². The molecule has 0 spiro atoms. The molecule has 0 aromatic rings. The lowest BCUT2D eigenvalue weighted by Crippen LogP contribution is -2.33. The summed E-state index contributed by atoms with van der Waals surface area (Å²) in [5, 5.41) is 2.67. The van der Waals surface area contributed by atoms with Crippen molar-refractivity contribution in [3.63, 3.8) is 0 Å². The molecule has 0 heterocycles. The second-order valence-electron chi connectivity index (χ2n) is 4.13. The molecule has 15 heavy (non-hydrogen) atoms. The standard InChI is InChI=1S/C10H19N3O2/c11-8-3-1-2-7(8)6-10(15)13-5-4-9(12)14/h7-8H,1-6,11H2,(H2,12,14)(H,13,15)/t7-,8+/m0/s1. The van der Waals surface area contributed by atoms with Gasteiger partial charge in [0, 0.05) is 25.4 Å². The topological polar surface area (TPSA) is 98.2 Å². The van der Waals surface area contributed by atoms with E-state index in [2.05, 4.69) is 5.32 Å². The molecule has 1 fully saturated rings. The maximum Gasteiger partial charge on any atom is 0.220 e. The molecule has 1 rings (SSSR count). The molecule has 0 aliphatic heterocycles. The summed E-state index contributed by atoms with van der Waals surface area (Å²) in [6.45, 7) is 0.329. The minimum Gasteiger partial charge on any atom is -0.370 e. The Morgan fingerprint density at radius 3 is 2.60 bits per heavy atom. The van der Waals surface area contributed by atoms with Gasteiger partial charge in [0.1, 0.15) is 0 Å². The Morgan fingerprint density at radius 2 is 2.07 bits per heavy atom. The maximum absolute atomic E-state index is 11.4. The highest BCUT2D eigenvalue weighted by Gasteiger charge is 2.25. The van der Waals surface area contributed by atoms with Crippen LogP contribution in [-0.4, -0.2) is 24.4 Å². The van der Waals surface area contributed by atoms with E-state index in [-0.39, 0.29) is 18.4 Å². The minimum absolute atomic E-state index is 0.0291. The van der Waals surface area contributed by atoms with Crippen LogP contribution in [0.2, 0.25) is 0 Å². The number of rotatable bonds is 5. The van der Waals surface area contributed by atoms with Gasteiger partial charge in [0.05, 0.1) is 0 Å². The molecule has 0 aromatic carbocycles. The first-order valence-corrected chi connectivity index (χ1v) is 5.40. The van der Waals surface area contributed by atoms with Gasteiger partial charge >= 0.3 is 0 Å². The molecule has 1 saturated carbocycles. The quantitative estimate of drug-likeness (QED) is 0.574. The fourth-order valence-electron chi connectivity index (χ4n) is 1.95. The van der Waals surface area contributed by atoms with E-state index in [9.17, 15) is 9.59 Å². The number of nitrogens with two attached hydrogens (primary N) is 2. The second-order valence-corrected chi connectivity index (χ2v) is 4.13. The highest BCUT2D eigenvalue weighted by Crippen LogP contribution is 2.26. The van der Waals surface area contributed by atoms with Crippen LogP contribution in [0.1, 0.15) is 32.1 Å². The van der Waals surface area contributed by atoms with Crippen LogP contribution in [-0.2, 0) is 9.59 Å². The summed E-state index contributed by atoms with van der Waals surface area (Å²) >= 11 is 0. The summed E-state index contributed by atoms with van der Waals surface area (Å²) in [7, 11) is 0. The van der Waals surface area contributed by atoms with Crippen LogP contribution >= 0.6 is 0 Å². The Balaban J connectivity index is 2.15. The number of amides is 2. The third kappa shape index (κ3) is 4.29. The normalized spacial score (nSPS) is 25.1. The zero-order valence-electron chi connectivity index (χ0n) is 8.87. The smallest absolute Gasteiger partial charge is 0.220 e. The Hall–Kier alpha value is -1.10. The molecule has 1 aliphatic rings. The summed E-state index contributed by atoms with van der Waals surface area (Å²) in [5.41, 5.74) is 10.8. The van der Waals surface area contributed by atoms with Gasteiger partial charge in [0.15, 0.2) is 0 Å². The van der Waals surface area contributed by atoms with Crippen LogP contribution in [0.3, 0.4) is 0 Å². The summed E-state index contributed by atoms with van der Waals surface area (Å²) in [5.74, 6) is -0.120. The van der Waals surface area contributed by atoms with Crippen molar-refractivity contribution in [2.45, 2.75) is 38.1 Å². The molecule has 2 atom stereocenters. The summed E-state index contributed by atoms with van der Waals surface area (Å²) in [6.07, 6.45) is 3.83. The van der Waals surface area contributed by atoms with Crippen molar-refractivity contribution in [2.24, 2.45) is 17.4 Å². The first kappa shape index (κ1) is 12.0. The van der Waals surface area contributed by atoms with Crippen molar-refractivity contribution in [3.05, 3.63) is 0 Å². The number of carbonyl (C=O) groups excluding carboxylic acids is 2. The van der Waals surface area contributed by atoms with Gasteiger partial charge in [-0.2, -0.15) is 0 Å². The van der Waals surface area contributed by atoms with E-state index in [0.717, 1.165) is 19.3 Å². The number of carbonyl (C=O) groups is 2. The molecule has 5 heteroatoms. The van der Waals surface area contributed by atoms with Gasteiger partial charge in [0.25, 0.3) is 0 Å². The van der Waals surface area contributed by atoms with Gasteiger partial charge in [-0.1, -0.05) is 6.42 Å². The third-order valence-corrected chi connectivity index (χ3v) is 2.86. The largest absolute Gasteiger partial charge is 0.370 e. The average Bonchev–Trinajstić information content (AvgIpc) is 2.51. The first-order valence-electron chi connectivity index (χ1n) is 5.40. The van der Waals surface area contributed by atoms with Crippen LogP contribution in [0.15, 0.2) is 0 Å². The molecule has 1 aliphatic carbocycles. The molecule has 5 nitrogen and oxygen atoms in total. The summed E-state index contributed by atoms with van der Waals surface area (Å²) in [4.78, 5) is 21.8. The lowest BCUT2D eigenvalue weighted by molar-refractivity contribution is -0.122. The predicted molar refractivity (Wildman–Crippen MR) is 56.8 cm³/mol. The third-order valence-electron chi connectivity index (χ3n) is 2.86. The molecule has 0 bridgehead atoms. The minimum atomic E-state index is -0.395. The average molecular weight is 213 g/mol. The van der Waals surface area contributed by atoms with Crippen LogP contribution in [0.5, 0.6) is 0 Å². The zero-order valence-corrected chi connectivity index (χ0v) is 8.87. The monoisotopic (exact) mass is 213 g/mol. The van der Waals surface area contributed by atoms with E-state index < -0.39 is 5.91 Å². The molecule has 0 aromatic heterocycles. The van der Waals surface area contributed by atoms with E-state index in [1.165, 1.54) is 0 Å². The molecule has 0 saturated heterocycles. The van der Waals surface area contributed by atoms with E-state index >= 15 is 0 Å². The fraction of sp³-hybridized carbons (Fsp3) is 0.800. The Labute approximate surface area is 89.6 Å². The van der Waals surface area contributed by atoms with E-state index in [4.69, 9.17) is 11.5 Å². The molecular weight excluding hydrogens is 194 g/mol. The van der Waals surface area contributed by atoms with Gasteiger partial charge in [-0.05, 0) is 18.8 Å². The summed E-state index contributed by atoms with van der Waals surface area (Å²) in [6, 6.07) is 0.159. The van der Waals surface area contributed by atoms with Gasteiger partial charge in [-0.3, -0.25) is 9.59 Å². The van der Waals surface area contributed by atoms with Crippen LogP contribution in [0.4, 0.5) is 0 Å². The van der Waals surface area contributed by atoms with Gasteiger partial charge in [-0.15, -0.1) is 0 Å².